The van der Waals surface area contributed by atoms with Gasteiger partial charge in [-0.2, -0.15) is 0 Å². The van der Waals surface area contributed by atoms with Gasteiger partial charge < -0.3 is 20.9 Å². The van der Waals surface area contributed by atoms with Gasteiger partial charge in [0.2, 0.25) is 11.8 Å². The molecule has 1 aliphatic heterocycles. The van der Waals surface area contributed by atoms with Gasteiger partial charge in [0.1, 0.15) is 6.04 Å². The molecule has 1 aromatic carbocycles. The van der Waals surface area contributed by atoms with Crippen LogP contribution in [0.4, 0.5) is 0 Å². The molecule has 6 nitrogen and oxygen atoms in total. The monoisotopic (exact) mass is 378 g/mol. The minimum Gasteiger partial charge on any atom is -0.361 e. The van der Waals surface area contributed by atoms with Gasteiger partial charge in [0.25, 0.3) is 0 Å². The number of carbonyl (C=O) groups is 2. The zero-order chi connectivity index (χ0) is 17.8. The van der Waals surface area contributed by atoms with Crippen molar-refractivity contribution in [1.82, 2.24) is 15.2 Å². The topological polar surface area (TPSA) is 91.2 Å². The molecule has 2 heterocycles. The first-order valence-corrected chi connectivity index (χ1v) is 8.96. The number of nitrogens with one attached hydrogen (secondary N) is 2. The van der Waals surface area contributed by atoms with E-state index in [1.807, 2.05) is 35.4 Å². The number of nitrogens with zero attached hydrogens (tertiary/aromatic N) is 1. The number of likely N-dealkylation sites (tertiary alicyclic amines) is 1. The number of nitrogens with two attached hydrogens (primary N) is 1. The lowest BCUT2D eigenvalue weighted by Gasteiger charge is -2.29. The van der Waals surface area contributed by atoms with E-state index in [1.165, 1.54) is 6.42 Å². The van der Waals surface area contributed by atoms with E-state index in [1.54, 1.807) is 6.92 Å². The number of hydrogen-bond acceptors (Lipinski definition) is 3. The first kappa shape index (κ1) is 20.3. The number of piperidine rings is 1. The Morgan fingerprint density at radius 1 is 1.23 bits per heavy atom. The number of para-hydroxylation sites is 1. The fourth-order valence-corrected chi connectivity index (χ4v) is 3.40. The molecule has 2 amide bonds. The Morgan fingerprint density at radius 3 is 2.65 bits per heavy atom. The van der Waals surface area contributed by atoms with Crippen LogP contribution in [0.3, 0.4) is 0 Å². The molecule has 142 valence electrons. The summed E-state index contributed by atoms with van der Waals surface area (Å²) in [6, 6.07) is 6.70. The number of fused-ring (bicyclic) bond motifs is 1. The van der Waals surface area contributed by atoms with Crippen LogP contribution in [0.2, 0.25) is 0 Å². The summed E-state index contributed by atoms with van der Waals surface area (Å²) in [6.07, 6.45) is 5.56. The number of benzene rings is 1. The molecule has 0 aliphatic carbocycles. The summed E-state index contributed by atoms with van der Waals surface area (Å²) in [5.74, 6) is -0.310. The van der Waals surface area contributed by atoms with E-state index in [0.717, 1.165) is 42.4 Å². The molecule has 0 bridgehead atoms. The number of H-pyrrole nitrogens is 1. The average Bonchev–Trinajstić information content (AvgIpc) is 3.04. The zero-order valence-electron chi connectivity index (χ0n) is 15.0. The second-order valence-electron chi connectivity index (χ2n) is 6.79. The van der Waals surface area contributed by atoms with Crippen LogP contribution in [0.25, 0.3) is 10.9 Å². The van der Waals surface area contributed by atoms with Crippen molar-refractivity contribution in [1.29, 1.82) is 0 Å². The summed E-state index contributed by atoms with van der Waals surface area (Å²) < 4.78 is 0. The predicted molar refractivity (Wildman–Crippen MR) is 105 cm³/mol. The van der Waals surface area contributed by atoms with Crippen molar-refractivity contribution in [2.45, 2.75) is 44.7 Å². The molecule has 1 aliphatic rings. The summed E-state index contributed by atoms with van der Waals surface area (Å²) in [7, 11) is 0. The van der Waals surface area contributed by atoms with Gasteiger partial charge in [0.05, 0.1) is 6.04 Å². The first-order valence-electron chi connectivity index (χ1n) is 8.96. The van der Waals surface area contributed by atoms with Crippen LogP contribution in [0.1, 0.15) is 31.7 Å². The Balaban J connectivity index is 0.00000243. The number of aromatic nitrogens is 1. The summed E-state index contributed by atoms with van der Waals surface area (Å²) in [5.41, 5.74) is 8.11. The number of aromatic amines is 1. The van der Waals surface area contributed by atoms with Crippen molar-refractivity contribution in [2.24, 2.45) is 5.73 Å². The van der Waals surface area contributed by atoms with E-state index in [9.17, 15) is 9.59 Å². The largest absolute Gasteiger partial charge is 0.361 e. The Hall–Kier alpha value is -2.05. The van der Waals surface area contributed by atoms with Gasteiger partial charge in [0, 0.05) is 30.2 Å². The van der Waals surface area contributed by atoms with Crippen LogP contribution >= 0.6 is 12.4 Å². The van der Waals surface area contributed by atoms with Crippen LogP contribution in [0, 0.1) is 0 Å². The quantitative estimate of drug-likeness (QED) is 0.742. The van der Waals surface area contributed by atoms with Crippen LogP contribution in [-0.4, -0.2) is 46.9 Å². The van der Waals surface area contributed by atoms with Crippen molar-refractivity contribution in [3.05, 3.63) is 36.0 Å². The van der Waals surface area contributed by atoms with E-state index in [4.69, 9.17) is 5.73 Å². The van der Waals surface area contributed by atoms with Gasteiger partial charge in [-0.1, -0.05) is 18.2 Å². The van der Waals surface area contributed by atoms with Gasteiger partial charge in [-0.25, -0.2) is 0 Å². The number of amides is 2. The third-order valence-electron chi connectivity index (χ3n) is 4.85. The zero-order valence-corrected chi connectivity index (χ0v) is 15.8. The second kappa shape index (κ2) is 9.05. The number of carbonyl (C=O) groups excluding carboxylic acids is 2. The average molecular weight is 379 g/mol. The lowest BCUT2D eigenvalue weighted by atomic mass is 10.0. The molecule has 1 fully saturated rings. The SMILES string of the molecule is CC(NC(=O)[C@@H](N)Cc1c[nH]c2ccccc12)C(=O)N1CCCCC1.Cl. The molecule has 7 heteroatoms. The Morgan fingerprint density at radius 2 is 1.92 bits per heavy atom. The van der Waals surface area contributed by atoms with E-state index in [2.05, 4.69) is 10.3 Å². The van der Waals surface area contributed by atoms with E-state index < -0.39 is 12.1 Å². The van der Waals surface area contributed by atoms with Crippen molar-refractivity contribution < 1.29 is 9.59 Å². The molecule has 0 saturated carbocycles. The van der Waals surface area contributed by atoms with Crippen LogP contribution in [-0.2, 0) is 16.0 Å². The standard InChI is InChI=1S/C19H26N4O2.ClH/c1-13(19(25)23-9-5-2-6-10-23)22-18(24)16(20)11-14-12-21-17-8-4-3-7-15(14)17;/h3-4,7-8,12-13,16,21H,2,5-6,9-11,20H2,1H3,(H,22,24);1H/t13?,16-;/m0./s1. The Labute approximate surface area is 159 Å². The molecule has 26 heavy (non-hydrogen) atoms. The molecule has 1 aromatic heterocycles. The maximum atomic E-state index is 12.4. The molecule has 0 spiro atoms. The highest BCUT2D eigenvalue weighted by atomic mass is 35.5. The van der Waals surface area contributed by atoms with Crippen LogP contribution < -0.4 is 11.1 Å². The molecular weight excluding hydrogens is 352 g/mol. The minimum atomic E-state index is -0.684. The first-order chi connectivity index (χ1) is 12.1. The van der Waals surface area contributed by atoms with Gasteiger partial charge in [0.15, 0.2) is 0 Å². The maximum Gasteiger partial charge on any atom is 0.244 e. The highest BCUT2D eigenvalue weighted by Crippen LogP contribution is 2.18. The van der Waals surface area contributed by atoms with Gasteiger partial charge in [-0.15, -0.1) is 12.4 Å². The number of rotatable bonds is 5. The smallest absolute Gasteiger partial charge is 0.244 e. The molecule has 1 saturated heterocycles. The summed E-state index contributed by atoms with van der Waals surface area (Å²) in [5, 5.41) is 3.84. The van der Waals surface area contributed by atoms with Gasteiger partial charge in [-0.3, -0.25) is 9.59 Å². The highest BCUT2D eigenvalue weighted by Gasteiger charge is 2.25. The fraction of sp³-hybridized carbons (Fsp3) is 0.474. The Bertz CT molecular complexity index is 755. The lowest BCUT2D eigenvalue weighted by molar-refractivity contribution is -0.137. The van der Waals surface area contributed by atoms with Crippen molar-refractivity contribution in [3.8, 4) is 0 Å². The van der Waals surface area contributed by atoms with Crippen LogP contribution in [0.15, 0.2) is 30.5 Å². The normalized spacial score (nSPS) is 16.6. The molecular formula is C19H27ClN4O2. The van der Waals surface area contributed by atoms with Gasteiger partial charge >= 0.3 is 0 Å². The van der Waals surface area contributed by atoms with Crippen molar-refractivity contribution in [3.63, 3.8) is 0 Å². The van der Waals surface area contributed by atoms with Gasteiger partial charge in [-0.05, 0) is 44.2 Å². The van der Waals surface area contributed by atoms with E-state index in [0.29, 0.717) is 6.42 Å². The lowest BCUT2D eigenvalue weighted by Crippen LogP contribution is -2.52. The fourth-order valence-electron chi connectivity index (χ4n) is 3.40. The summed E-state index contributed by atoms with van der Waals surface area (Å²) in [4.78, 5) is 29.8. The number of hydrogen-bond donors (Lipinski definition) is 3. The van der Waals surface area contributed by atoms with Crippen molar-refractivity contribution >= 4 is 35.1 Å². The summed E-state index contributed by atoms with van der Waals surface area (Å²) >= 11 is 0. The maximum absolute atomic E-state index is 12.4. The molecule has 1 unspecified atom stereocenters. The van der Waals surface area contributed by atoms with E-state index in [-0.39, 0.29) is 24.2 Å². The molecule has 4 N–H and O–H groups in total. The third kappa shape index (κ3) is 4.56. The molecule has 0 radical (unpaired) electrons. The van der Waals surface area contributed by atoms with Crippen molar-refractivity contribution in [2.75, 3.05) is 13.1 Å². The predicted octanol–water partition coefficient (Wildman–Crippen LogP) is 1.98. The minimum absolute atomic E-state index is 0. The molecule has 2 aromatic rings. The second-order valence-corrected chi connectivity index (χ2v) is 6.79. The van der Waals surface area contributed by atoms with E-state index >= 15 is 0 Å². The Kier molecular flexibility index (Phi) is 7.06. The molecule has 2 atom stereocenters. The third-order valence-corrected chi connectivity index (χ3v) is 4.85. The highest BCUT2D eigenvalue weighted by molar-refractivity contribution is 5.90. The number of halogens is 1. The molecule has 3 rings (SSSR count). The van der Waals surface area contributed by atoms with Crippen LogP contribution in [0.5, 0.6) is 0 Å². The summed E-state index contributed by atoms with van der Waals surface area (Å²) in [6.45, 7) is 3.29.